The number of non-ortho nitro benzene ring substituents is 1. The van der Waals surface area contributed by atoms with Crippen molar-refractivity contribution in [2.45, 2.75) is 24.2 Å². The van der Waals surface area contributed by atoms with E-state index in [1.807, 2.05) is 42.5 Å². The summed E-state index contributed by atoms with van der Waals surface area (Å²) in [6.45, 7) is 0. The van der Waals surface area contributed by atoms with Gasteiger partial charge in [0.05, 0.1) is 39.4 Å². The summed E-state index contributed by atoms with van der Waals surface area (Å²) in [7, 11) is 1.42. The van der Waals surface area contributed by atoms with Crippen molar-refractivity contribution in [3.8, 4) is 11.5 Å². The average Bonchev–Trinajstić information content (AvgIpc) is 3.42. The number of rotatable bonds is 6. The molecule has 11 heteroatoms. The van der Waals surface area contributed by atoms with Crippen molar-refractivity contribution < 1.29 is 33.9 Å². The van der Waals surface area contributed by atoms with E-state index >= 15 is 9.59 Å². The van der Waals surface area contributed by atoms with Gasteiger partial charge in [-0.2, -0.15) is 0 Å². The number of phenolic OH excluding ortho intramolecular Hbond substituents is 1. The van der Waals surface area contributed by atoms with Gasteiger partial charge in [-0.05, 0) is 75.7 Å². The first-order chi connectivity index (χ1) is 25.1. The third-order valence-electron chi connectivity index (χ3n) is 11.3. The maximum Gasteiger partial charge on any atom is 0.271 e. The second-order valence-corrected chi connectivity index (χ2v) is 14.5. The lowest BCUT2D eigenvalue weighted by atomic mass is 9.44. The number of imide groups is 1. The topological polar surface area (TPSA) is 144 Å². The van der Waals surface area contributed by atoms with Crippen LogP contribution in [0.15, 0.2) is 119 Å². The predicted molar refractivity (Wildman–Crippen MR) is 195 cm³/mol. The summed E-state index contributed by atoms with van der Waals surface area (Å²) in [5.74, 6) is -5.56. The Kier molecular flexibility index (Phi) is 8.06. The van der Waals surface area contributed by atoms with E-state index in [2.05, 4.69) is 15.9 Å². The largest absolute Gasteiger partial charge is 0.503 e. The number of Topliss-reactive ketones (excluding diaryl/α,β-unsaturated/α-hetero) is 1. The third-order valence-corrected chi connectivity index (χ3v) is 11.9. The van der Waals surface area contributed by atoms with Gasteiger partial charge in [-0.1, -0.05) is 78.4 Å². The summed E-state index contributed by atoms with van der Waals surface area (Å²) in [5.41, 5.74) is 1.21. The predicted octanol–water partition coefficient (Wildman–Crippen LogP) is 7.10. The molecule has 0 aromatic heterocycles. The Balaban J connectivity index is 1.37. The fourth-order valence-electron chi connectivity index (χ4n) is 9.17. The van der Waals surface area contributed by atoms with Gasteiger partial charge in [-0.25, -0.2) is 4.90 Å². The lowest BCUT2D eigenvalue weighted by Crippen LogP contribution is -2.58. The number of hydrogen-bond acceptors (Lipinski definition) is 8. The Bertz CT molecular complexity index is 2270. The lowest BCUT2D eigenvalue weighted by Gasteiger charge is -2.55. The number of ether oxygens (including phenoxy) is 1. The molecule has 4 aromatic carbocycles. The van der Waals surface area contributed by atoms with Crippen molar-refractivity contribution in [2.75, 3.05) is 12.0 Å². The van der Waals surface area contributed by atoms with Crippen LogP contribution in [0.2, 0.25) is 0 Å². The molecule has 10 nitrogen and oxygen atoms in total. The van der Waals surface area contributed by atoms with Gasteiger partial charge >= 0.3 is 0 Å². The Labute approximate surface area is 306 Å². The molecule has 0 radical (unpaired) electrons. The quantitative estimate of drug-likeness (QED) is 0.0950. The Morgan fingerprint density at radius 3 is 2.31 bits per heavy atom. The molecule has 6 atom stereocenters. The van der Waals surface area contributed by atoms with Crippen molar-refractivity contribution >= 4 is 56.3 Å². The first kappa shape index (κ1) is 33.5. The number of ketones is 2. The minimum Gasteiger partial charge on any atom is -0.503 e. The molecule has 52 heavy (non-hydrogen) atoms. The van der Waals surface area contributed by atoms with Crippen molar-refractivity contribution in [1.29, 1.82) is 0 Å². The molecule has 1 aliphatic heterocycles. The normalized spacial score (nSPS) is 26.6. The summed E-state index contributed by atoms with van der Waals surface area (Å²) < 4.78 is 5.88. The van der Waals surface area contributed by atoms with Crippen LogP contribution in [0.1, 0.15) is 35.4 Å². The first-order valence-electron chi connectivity index (χ1n) is 16.9. The van der Waals surface area contributed by atoms with E-state index in [1.165, 1.54) is 37.5 Å². The van der Waals surface area contributed by atoms with Gasteiger partial charge in [0.25, 0.3) is 5.69 Å². The minimum atomic E-state index is -1.46. The number of aromatic hydroxyl groups is 1. The van der Waals surface area contributed by atoms with Gasteiger partial charge in [0.2, 0.25) is 11.8 Å². The molecular weight excluding hydrogens is 728 g/mol. The van der Waals surface area contributed by atoms with E-state index in [-0.39, 0.29) is 52.9 Å². The van der Waals surface area contributed by atoms with Crippen LogP contribution in [0.25, 0.3) is 5.57 Å². The van der Waals surface area contributed by atoms with E-state index in [1.54, 1.807) is 36.4 Å². The molecular formula is C41H31BrN2O8. The van der Waals surface area contributed by atoms with Crippen molar-refractivity contribution in [1.82, 2.24) is 0 Å². The summed E-state index contributed by atoms with van der Waals surface area (Å²) in [5, 5.41) is 22.5. The first-order valence-corrected chi connectivity index (χ1v) is 17.7. The van der Waals surface area contributed by atoms with Gasteiger partial charge in [0, 0.05) is 29.5 Å². The number of nitro groups is 1. The van der Waals surface area contributed by atoms with E-state index in [4.69, 9.17) is 4.74 Å². The molecule has 4 aliphatic rings. The average molecular weight is 760 g/mol. The monoisotopic (exact) mass is 758 g/mol. The number of carbonyl (C=O) groups is 4. The summed E-state index contributed by atoms with van der Waals surface area (Å²) in [6, 6.07) is 27.0. The van der Waals surface area contributed by atoms with Crippen molar-refractivity contribution in [3.63, 3.8) is 0 Å². The molecule has 8 rings (SSSR count). The summed E-state index contributed by atoms with van der Waals surface area (Å²) in [6.07, 6.45) is 3.66. The van der Waals surface area contributed by atoms with E-state index < -0.39 is 51.7 Å². The molecule has 2 amide bonds. The molecule has 3 aliphatic carbocycles. The van der Waals surface area contributed by atoms with E-state index in [0.717, 1.165) is 10.5 Å². The zero-order chi connectivity index (χ0) is 36.5. The van der Waals surface area contributed by atoms with Crippen LogP contribution in [-0.2, 0) is 24.6 Å². The molecule has 0 spiro atoms. The number of amides is 2. The van der Waals surface area contributed by atoms with Gasteiger partial charge in [0.15, 0.2) is 23.1 Å². The number of fused-ring (bicyclic) bond motifs is 4. The third kappa shape index (κ3) is 4.82. The van der Waals surface area contributed by atoms with Crippen LogP contribution in [0.5, 0.6) is 11.5 Å². The SMILES string of the molecule is COc1cc(C2C3=CCC4C(=O)N(c5cccc([N+](=O)[O-])c5)C(=O)C4C3CC3C(=O)C(c4ccccc4)=CC(=O)C32c2ccccc2)cc(Br)c1O. The highest BCUT2D eigenvalue weighted by molar-refractivity contribution is 9.10. The number of benzene rings is 4. The molecule has 2 fully saturated rings. The second-order valence-electron chi connectivity index (χ2n) is 13.6. The highest BCUT2D eigenvalue weighted by Crippen LogP contribution is 2.64. The number of nitro benzene ring substituents is 1. The van der Waals surface area contributed by atoms with Crippen LogP contribution in [0, 0.1) is 33.8 Å². The van der Waals surface area contributed by atoms with Gasteiger partial charge in [-0.15, -0.1) is 0 Å². The molecule has 1 N–H and O–H groups in total. The smallest absolute Gasteiger partial charge is 0.271 e. The number of hydrogen-bond donors (Lipinski definition) is 1. The van der Waals surface area contributed by atoms with Crippen LogP contribution >= 0.6 is 15.9 Å². The maximum absolute atomic E-state index is 15.2. The van der Waals surface area contributed by atoms with E-state index in [9.17, 15) is 24.8 Å². The summed E-state index contributed by atoms with van der Waals surface area (Å²) >= 11 is 3.47. The van der Waals surface area contributed by atoms with Gasteiger partial charge < -0.3 is 9.84 Å². The number of anilines is 1. The fraction of sp³-hybridized carbons (Fsp3) is 0.220. The highest BCUT2D eigenvalue weighted by Gasteiger charge is 2.66. The van der Waals surface area contributed by atoms with Gasteiger partial charge in [0.1, 0.15) is 0 Å². The highest BCUT2D eigenvalue weighted by atomic mass is 79.9. The molecule has 260 valence electrons. The number of phenols is 1. The van der Waals surface area contributed by atoms with Crippen molar-refractivity contribution in [3.05, 3.63) is 146 Å². The zero-order valence-electron chi connectivity index (χ0n) is 27.8. The molecule has 4 aromatic rings. The maximum atomic E-state index is 15.2. The Morgan fingerprint density at radius 2 is 1.62 bits per heavy atom. The lowest BCUT2D eigenvalue weighted by molar-refractivity contribution is -0.384. The second kappa shape index (κ2) is 12.5. The molecule has 1 saturated carbocycles. The number of carbonyl (C=O) groups excluding carboxylic acids is 4. The molecule has 0 bridgehead atoms. The van der Waals surface area contributed by atoms with Crippen molar-refractivity contribution in [2.24, 2.45) is 23.7 Å². The summed E-state index contributed by atoms with van der Waals surface area (Å²) in [4.78, 5) is 70.9. The molecule has 1 heterocycles. The standard InChI is InChI=1S/C41H31BrN2O8/c1-52-33-18-23(17-32(42)38(33)47)36-27-15-16-28-35(40(49)43(39(28)48)25-13-8-14-26(19-25)44(50)51)30(27)20-31-37(46)29(22-9-4-2-5-10-22)21-34(45)41(31,36)24-11-6-3-7-12-24/h2-15,17-19,21,28,30-31,35-36,47H,16,20H2,1H3. The number of allylic oxidation sites excluding steroid dienone is 4. The molecule has 1 saturated heterocycles. The number of halogens is 1. The van der Waals surface area contributed by atoms with Crippen LogP contribution < -0.4 is 9.64 Å². The fourth-order valence-corrected chi connectivity index (χ4v) is 9.63. The minimum absolute atomic E-state index is 0.103. The molecule has 6 unspecified atom stereocenters. The Hall–Kier alpha value is -5.68. The van der Waals surface area contributed by atoms with Crippen LogP contribution in [0.4, 0.5) is 11.4 Å². The van der Waals surface area contributed by atoms with Crippen LogP contribution in [0.3, 0.4) is 0 Å². The van der Waals surface area contributed by atoms with E-state index in [0.29, 0.717) is 21.2 Å². The number of methoxy groups -OCH3 is 1. The Morgan fingerprint density at radius 1 is 0.904 bits per heavy atom. The number of nitrogens with zero attached hydrogens (tertiary/aromatic N) is 2. The van der Waals surface area contributed by atoms with Gasteiger partial charge in [-0.3, -0.25) is 29.3 Å². The zero-order valence-corrected chi connectivity index (χ0v) is 29.4. The van der Waals surface area contributed by atoms with Crippen LogP contribution in [-0.4, -0.2) is 40.5 Å².